The molecular weight excluding hydrogens is 286 g/mol. The minimum atomic E-state index is -0.333. The van der Waals surface area contributed by atoms with Crippen LogP contribution in [-0.2, 0) is 9.53 Å². The molecule has 1 aromatic heterocycles. The lowest BCUT2D eigenvalue weighted by Crippen LogP contribution is -2.30. The zero-order chi connectivity index (χ0) is 16.1. The summed E-state index contributed by atoms with van der Waals surface area (Å²) in [6, 6.07) is 6.81. The number of ether oxygens (including phenoxy) is 1. The first-order chi connectivity index (χ1) is 10.5. The van der Waals surface area contributed by atoms with E-state index >= 15 is 0 Å². The number of esters is 1. The number of hydrogen-bond donors (Lipinski definition) is 1. The monoisotopic (exact) mass is 303 g/mol. The van der Waals surface area contributed by atoms with Gasteiger partial charge in [-0.25, -0.2) is 5.10 Å². The van der Waals surface area contributed by atoms with Crippen LogP contribution >= 0.6 is 0 Å². The number of carbonyl (C=O) groups is 2. The van der Waals surface area contributed by atoms with Crippen LogP contribution < -0.4 is 5.56 Å². The first-order valence-corrected chi connectivity index (χ1v) is 6.84. The van der Waals surface area contributed by atoms with Gasteiger partial charge in [0.2, 0.25) is 0 Å². The largest absolute Gasteiger partial charge is 0.469 e. The van der Waals surface area contributed by atoms with E-state index < -0.39 is 0 Å². The summed E-state index contributed by atoms with van der Waals surface area (Å²) in [6.07, 6.45) is 0.740. The van der Waals surface area contributed by atoms with Crippen LogP contribution in [-0.4, -0.2) is 47.7 Å². The molecule has 0 bridgehead atoms. The highest BCUT2D eigenvalue weighted by Gasteiger charge is 2.18. The van der Waals surface area contributed by atoms with Crippen LogP contribution in [0.2, 0.25) is 0 Å². The Morgan fingerprint density at radius 2 is 1.95 bits per heavy atom. The van der Waals surface area contributed by atoms with Gasteiger partial charge in [-0.1, -0.05) is 18.2 Å². The molecule has 0 aliphatic rings. The van der Waals surface area contributed by atoms with Crippen molar-refractivity contribution in [1.29, 1.82) is 0 Å². The molecule has 2 rings (SSSR count). The third kappa shape index (κ3) is 3.30. The Bertz CT molecular complexity index is 754. The Morgan fingerprint density at radius 1 is 1.27 bits per heavy atom. The third-order valence-corrected chi connectivity index (χ3v) is 3.35. The van der Waals surface area contributed by atoms with Gasteiger partial charge >= 0.3 is 5.97 Å². The highest BCUT2D eigenvalue weighted by atomic mass is 16.5. The van der Waals surface area contributed by atoms with Crippen molar-refractivity contribution in [3.63, 3.8) is 0 Å². The van der Waals surface area contributed by atoms with E-state index in [1.807, 2.05) is 0 Å². The van der Waals surface area contributed by atoms with Gasteiger partial charge in [-0.05, 0) is 12.5 Å². The van der Waals surface area contributed by atoms with Crippen molar-refractivity contribution in [1.82, 2.24) is 15.1 Å². The number of aromatic amines is 1. The maximum absolute atomic E-state index is 12.4. The maximum atomic E-state index is 12.4. The van der Waals surface area contributed by atoms with E-state index in [1.54, 1.807) is 31.3 Å². The van der Waals surface area contributed by atoms with Crippen molar-refractivity contribution in [2.45, 2.75) is 12.8 Å². The van der Waals surface area contributed by atoms with E-state index in [0.29, 0.717) is 23.7 Å². The lowest BCUT2D eigenvalue weighted by atomic mass is 10.1. The number of methoxy groups -OCH3 is 1. The number of aromatic nitrogens is 2. The van der Waals surface area contributed by atoms with Crippen LogP contribution in [0, 0.1) is 0 Å². The standard InChI is InChI=1S/C15H17N3O4/c1-18(9-5-8-12(19)22-2)15(21)13-10-6-3-4-7-11(10)14(20)17-16-13/h3-4,6-7H,5,8-9H2,1-2H3,(H,17,20). The summed E-state index contributed by atoms with van der Waals surface area (Å²) in [4.78, 5) is 36.7. The normalized spacial score (nSPS) is 10.5. The lowest BCUT2D eigenvalue weighted by Gasteiger charge is -2.16. The molecule has 0 unspecified atom stereocenters. The van der Waals surface area contributed by atoms with Crippen LogP contribution in [0.5, 0.6) is 0 Å². The fourth-order valence-corrected chi connectivity index (χ4v) is 2.12. The summed E-state index contributed by atoms with van der Waals surface area (Å²) in [5, 5.41) is 7.13. The molecule has 7 nitrogen and oxygen atoms in total. The smallest absolute Gasteiger partial charge is 0.305 e. The first-order valence-electron chi connectivity index (χ1n) is 6.84. The van der Waals surface area contributed by atoms with Crippen LogP contribution in [0.25, 0.3) is 10.8 Å². The molecule has 0 aliphatic heterocycles. The Morgan fingerprint density at radius 3 is 2.64 bits per heavy atom. The molecule has 0 saturated heterocycles. The molecule has 7 heteroatoms. The van der Waals surface area contributed by atoms with Gasteiger partial charge in [-0.3, -0.25) is 14.4 Å². The van der Waals surface area contributed by atoms with Gasteiger partial charge in [0.25, 0.3) is 11.5 Å². The average molecular weight is 303 g/mol. The predicted octanol–water partition coefficient (Wildman–Crippen LogP) is 0.948. The SMILES string of the molecule is COC(=O)CCCN(C)C(=O)c1n[nH]c(=O)c2ccccc12. The number of H-pyrrole nitrogens is 1. The summed E-state index contributed by atoms with van der Waals surface area (Å²) in [7, 11) is 2.95. The summed E-state index contributed by atoms with van der Waals surface area (Å²) in [6.45, 7) is 0.392. The third-order valence-electron chi connectivity index (χ3n) is 3.35. The molecule has 1 N–H and O–H groups in total. The van der Waals surface area contributed by atoms with E-state index in [1.165, 1.54) is 12.0 Å². The van der Waals surface area contributed by atoms with Crippen molar-refractivity contribution in [2.75, 3.05) is 20.7 Å². The number of rotatable bonds is 5. The van der Waals surface area contributed by atoms with Crippen molar-refractivity contribution >= 4 is 22.6 Å². The van der Waals surface area contributed by atoms with Gasteiger partial charge in [0.05, 0.1) is 12.5 Å². The molecule has 116 valence electrons. The highest BCUT2D eigenvalue weighted by Crippen LogP contribution is 2.14. The maximum Gasteiger partial charge on any atom is 0.305 e. The number of fused-ring (bicyclic) bond motifs is 1. The minimum Gasteiger partial charge on any atom is -0.469 e. The minimum absolute atomic E-state index is 0.191. The zero-order valence-corrected chi connectivity index (χ0v) is 12.5. The van der Waals surface area contributed by atoms with E-state index in [0.717, 1.165) is 0 Å². The number of amides is 1. The molecular formula is C15H17N3O4. The van der Waals surface area contributed by atoms with Crippen LogP contribution in [0.4, 0.5) is 0 Å². The number of carbonyl (C=O) groups excluding carboxylic acids is 2. The van der Waals surface area contributed by atoms with Crippen molar-refractivity contribution in [3.8, 4) is 0 Å². The molecule has 0 spiro atoms. The van der Waals surface area contributed by atoms with Gasteiger partial charge in [0.1, 0.15) is 0 Å². The molecule has 0 atom stereocenters. The number of nitrogens with one attached hydrogen (secondary N) is 1. The number of nitrogens with zero attached hydrogens (tertiary/aromatic N) is 2. The Balaban J connectivity index is 2.17. The van der Waals surface area contributed by atoms with Gasteiger partial charge in [-0.2, -0.15) is 5.10 Å². The van der Waals surface area contributed by atoms with E-state index in [9.17, 15) is 14.4 Å². The van der Waals surface area contributed by atoms with Crippen LogP contribution in [0.15, 0.2) is 29.1 Å². The van der Waals surface area contributed by atoms with Gasteiger partial charge in [0.15, 0.2) is 5.69 Å². The average Bonchev–Trinajstić information content (AvgIpc) is 2.54. The van der Waals surface area contributed by atoms with E-state index in [2.05, 4.69) is 14.9 Å². The summed E-state index contributed by atoms with van der Waals surface area (Å²) >= 11 is 0. The van der Waals surface area contributed by atoms with Gasteiger partial charge in [-0.15, -0.1) is 0 Å². The first kappa shape index (κ1) is 15.7. The van der Waals surface area contributed by atoms with Crippen molar-refractivity contribution in [3.05, 3.63) is 40.3 Å². The predicted molar refractivity (Wildman–Crippen MR) is 80.6 cm³/mol. The number of hydrogen-bond acceptors (Lipinski definition) is 5. The molecule has 0 aliphatic carbocycles. The molecule has 1 heterocycles. The second-order valence-corrected chi connectivity index (χ2v) is 4.85. The molecule has 0 radical (unpaired) electrons. The van der Waals surface area contributed by atoms with Gasteiger partial charge < -0.3 is 9.64 Å². The fraction of sp³-hybridized carbons (Fsp3) is 0.333. The quantitative estimate of drug-likeness (QED) is 0.830. The molecule has 1 aromatic carbocycles. The molecule has 1 amide bonds. The Kier molecular flexibility index (Phi) is 4.88. The summed E-state index contributed by atoms with van der Waals surface area (Å²) in [5.41, 5.74) is -0.142. The van der Waals surface area contributed by atoms with Crippen LogP contribution in [0.1, 0.15) is 23.3 Å². The molecule has 0 fully saturated rings. The second kappa shape index (κ2) is 6.84. The fourth-order valence-electron chi connectivity index (χ4n) is 2.12. The van der Waals surface area contributed by atoms with Crippen LogP contribution in [0.3, 0.4) is 0 Å². The highest BCUT2D eigenvalue weighted by molar-refractivity contribution is 6.04. The van der Waals surface area contributed by atoms with E-state index in [4.69, 9.17) is 0 Å². The topological polar surface area (TPSA) is 92.4 Å². The summed E-state index contributed by atoms with van der Waals surface area (Å²) < 4.78 is 4.55. The Hall–Kier alpha value is -2.70. The summed E-state index contributed by atoms with van der Waals surface area (Å²) in [5.74, 6) is -0.620. The second-order valence-electron chi connectivity index (χ2n) is 4.85. The molecule has 2 aromatic rings. The van der Waals surface area contributed by atoms with Crippen molar-refractivity contribution < 1.29 is 14.3 Å². The lowest BCUT2D eigenvalue weighted by molar-refractivity contribution is -0.140. The Labute approximate surface area is 126 Å². The zero-order valence-electron chi connectivity index (χ0n) is 12.5. The van der Waals surface area contributed by atoms with Crippen molar-refractivity contribution in [2.24, 2.45) is 0 Å². The molecule has 22 heavy (non-hydrogen) atoms. The number of benzene rings is 1. The van der Waals surface area contributed by atoms with E-state index in [-0.39, 0.29) is 29.6 Å². The van der Waals surface area contributed by atoms with Gasteiger partial charge in [0, 0.05) is 25.4 Å². The molecule has 0 saturated carbocycles.